The van der Waals surface area contributed by atoms with E-state index in [1.54, 1.807) is 6.92 Å². The van der Waals surface area contributed by atoms with E-state index >= 15 is 0 Å². The third-order valence-corrected chi connectivity index (χ3v) is 3.69. The number of rotatable bonds is 4. The molecule has 5 nitrogen and oxygen atoms in total. The maximum absolute atomic E-state index is 11.1. The molecule has 0 bridgehead atoms. The zero-order valence-electron chi connectivity index (χ0n) is 9.53. The molecule has 2 aromatic heterocycles. The molecular weight excluding hydrogens is 274 g/mol. The van der Waals surface area contributed by atoms with Gasteiger partial charge in [-0.1, -0.05) is 18.2 Å². The Labute approximate surface area is 112 Å². The highest BCUT2D eigenvalue weighted by molar-refractivity contribution is 7.20. The summed E-state index contributed by atoms with van der Waals surface area (Å²) in [4.78, 5) is 20.2. The summed E-state index contributed by atoms with van der Waals surface area (Å²) in [5.41, 5.74) is 0.658. The molecule has 7 heteroatoms. The smallest absolute Gasteiger partial charge is 0.346 e. The molecule has 0 unspecified atom stereocenters. The molecule has 0 saturated carbocycles. The number of fused-ring (bicyclic) bond motifs is 1. The Hall–Kier alpha value is -1.66. The molecule has 0 aliphatic carbocycles. The molecule has 0 aromatic carbocycles. The monoisotopic (exact) mass is 283 g/mol. The fourth-order valence-electron chi connectivity index (χ4n) is 1.59. The second kappa shape index (κ2) is 4.91. The van der Waals surface area contributed by atoms with Crippen LogP contribution in [0, 0.1) is 6.92 Å². The molecular formula is C11H10ClN3O2S. The minimum atomic E-state index is -0.955. The number of nitrogens with one attached hydrogen (secondary N) is 1. The summed E-state index contributed by atoms with van der Waals surface area (Å²) < 4.78 is 0. The van der Waals surface area contributed by atoms with Gasteiger partial charge in [0, 0.05) is 5.03 Å². The van der Waals surface area contributed by atoms with Gasteiger partial charge < -0.3 is 10.4 Å². The SMILES string of the molecule is C=C(Cl)CNc1ncnc2sc(C(=O)O)c(C)c12. The van der Waals surface area contributed by atoms with E-state index < -0.39 is 5.97 Å². The molecule has 2 rings (SSSR count). The van der Waals surface area contributed by atoms with Crippen LogP contribution in [0.25, 0.3) is 10.2 Å². The van der Waals surface area contributed by atoms with Crippen molar-refractivity contribution in [3.8, 4) is 0 Å². The van der Waals surface area contributed by atoms with Gasteiger partial charge in [0.15, 0.2) is 0 Å². The maximum atomic E-state index is 11.1. The van der Waals surface area contributed by atoms with E-state index in [9.17, 15) is 4.79 Å². The Bertz CT molecular complexity index is 638. The van der Waals surface area contributed by atoms with Gasteiger partial charge in [-0.25, -0.2) is 14.8 Å². The van der Waals surface area contributed by atoms with E-state index in [4.69, 9.17) is 16.7 Å². The van der Waals surface area contributed by atoms with Crippen LogP contribution >= 0.6 is 22.9 Å². The van der Waals surface area contributed by atoms with Crippen LogP contribution in [0.3, 0.4) is 0 Å². The molecule has 2 heterocycles. The van der Waals surface area contributed by atoms with Crippen molar-refractivity contribution in [2.75, 3.05) is 11.9 Å². The summed E-state index contributed by atoms with van der Waals surface area (Å²) in [7, 11) is 0. The van der Waals surface area contributed by atoms with Crippen LogP contribution in [0.5, 0.6) is 0 Å². The molecule has 94 valence electrons. The summed E-state index contributed by atoms with van der Waals surface area (Å²) in [5, 5.41) is 13.3. The highest BCUT2D eigenvalue weighted by Crippen LogP contribution is 2.33. The molecule has 0 atom stereocenters. The van der Waals surface area contributed by atoms with Gasteiger partial charge in [-0.15, -0.1) is 11.3 Å². The van der Waals surface area contributed by atoms with Crippen molar-refractivity contribution >= 4 is 44.9 Å². The number of anilines is 1. The van der Waals surface area contributed by atoms with Crippen LogP contribution in [0.2, 0.25) is 0 Å². The van der Waals surface area contributed by atoms with Gasteiger partial charge >= 0.3 is 5.97 Å². The zero-order chi connectivity index (χ0) is 13.3. The molecule has 0 aliphatic heterocycles. The van der Waals surface area contributed by atoms with E-state index in [1.165, 1.54) is 6.33 Å². The predicted molar refractivity (Wildman–Crippen MR) is 72.6 cm³/mol. The summed E-state index contributed by atoms with van der Waals surface area (Å²) in [5.74, 6) is -0.383. The van der Waals surface area contributed by atoms with E-state index in [-0.39, 0.29) is 4.88 Å². The lowest BCUT2D eigenvalue weighted by Crippen LogP contribution is -2.04. The number of halogens is 1. The van der Waals surface area contributed by atoms with E-state index in [0.29, 0.717) is 27.8 Å². The number of aryl methyl sites for hydroxylation is 1. The van der Waals surface area contributed by atoms with Crippen LogP contribution in [0.15, 0.2) is 17.9 Å². The maximum Gasteiger partial charge on any atom is 0.346 e. The van der Waals surface area contributed by atoms with E-state index in [0.717, 1.165) is 16.7 Å². The number of carbonyl (C=O) groups is 1. The molecule has 0 spiro atoms. The van der Waals surface area contributed by atoms with Gasteiger partial charge in [-0.05, 0) is 12.5 Å². The van der Waals surface area contributed by atoms with Gasteiger partial charge in [0.25, 0.3) is 0 Å². The van der Waals surface area contributed by atoms with Crippen molar-refractivity contribution in [3.63, 3.8) is 0 Å². The number of hydrogen-bond donors (Lipinski definition) is 2. The standard InChI is InChI=1S/C11H10ClN3O2S/c1-5(12)3-13-9-7-6(2)8(11(16)17)18-10(7)15-4-14-9/h4H,1,3H2,2H3,(H,16,17)(H,13,14,15). The third-order valence-electron chi connectivity index (χ3n) is 2.37. The van der Waals surface area contributed by atoms with Crippen LogP contribution in [0.4, 0.5) is 5.82 Å². The first kappa shape index (κ1) is 12.8. The van der Waals surface area contributed by atoms with Crippen molar-refractivity contribution in [2.45, 2.75) is 6.92 Å². The predicted octanol–water partition coefficient (Wildman–Crippen LogP) is 2.86. The first-order valence-electron chi connectivity index (χ1n) is 5.05. The topological polar surface area (TPSA) is 75.1 Å². The number of carboxylic acids is 1. The van der Waals surface area contributed by atoms with Crippen LogP contribution in [0.1, 0.15) is 15.2 Å². The summed E-state index contributed by atoms with van der Waals surface area (Å²) in [6, 6.07) is 0. The van der Waals surface area contributed by atoms with E-state index in [2.05, 4.69) is 21.9 Å². The second-order valence-corrected chi connectivity index (χ2v) is 5.17. The fraction of sp³-hybridized carbons (Fsp3) is 0.182. The quantitative estimate of drug-likeness (QED) is 0.902. The zero-order valence-corrected chi connectivity index (χ0v) is 11.1. The van der Waals surface area contributed by atoms with Crippen molar-refractivity contribution < 1.29 is 9.90 Å². The summed E-state index contributed by atoms with van der Waals surface area (Å²) in [6.07, 6.45) is 1.39. The molecule has 18 heavy (non-hydrogen) atoms. The Morgan fingerprint density at radius 3 is 2.94 bits per heavy atom. The molecule has 0 amide bonds. The third kappa shape index (κ3) is 2.30. The van der Waals surface area contributed by atoms with Gasteiger partial charge in [0.05, 0.1) is 11.9 Å². The first-order valence-corrected chi connectivity index (χ1v) is 6.24. The molecule has 2 aromatic rings. The van der Waals surface area contributed by atoms with Crippen molar-refractivity contribution in [2.24, 2.45) is 0 Å². The number of aromatic nitrogens is 2. The minimum Gasteiger partial charge on any atom is -0.477 e. The molecule has 2 N–H and O–H groups in total. The van der Waals surface area contributed by atoms with Gasteiger partial charge in [-0.2, -0.15) is 0 Å². The first-order chi connectivity index (χ1) is 8.50. The lowest BCUT2D eigenvalue weighted by Gasteiger charge is -2.05. The van der Waals surface area contributed by atoms with E-state index in [1.807, 2.05) is 0 Å². The lowest BCUT2D eigenvalue weighted by molar-refractivity contribution is 0.0701. The second-order valence-electron chi connectivity index (χ2n) is 3.63. The van der Waals surface area contributed by atoms with Crippen LogP contribution in [-0.2, 0) is 0 Å². The Morgan fingerprint density at radius 2 is 2.33 bits per heavy atom. The number of hydrogen-bond acceptors (Lipinski definition) is 5. The van der Waals surface area contributed by atoms with Gasteiger partial charge in [-0.3, -0.25) is 0 Å². The molecule has 0 aliphatic rings. The molecule has 0 radical (unpaired) electrons. The average molecular weight is 284 g/mol. The van der Waals surface area contributed by atoms with Crippen LogP contribution in [-0.4, -0.2) is 27.6 Å². The minimum absolute atomic E-state index is 0.276. The van der Waals surface area contributed by atoms with Crippen molar-refractivity contribution in [3.05, 3.63) is 28.4 Å². The fourth-order valence-corrected chi connectivity index (χ4v) is 2.64. The number of aromatic carboxylic acids is 1. The highest BCUT2D eigenvalue weighted by atomic mass is 35.5. The van der Waals surface area contributed by atoms with Gasteiger partial charge in [0.1, 0.15) is 21.9 Å². The average Bonchev–Trinajstić information content (AvgIpc) is 2.65. The Morgan fingerprint density at radius 1 is 1.61 bits per heavy atom. The number of nitrogens with zero attached hydrogens (tertiary/aromatic N) is 2. The Balaban J connectivity index is 2.54. The van der Waals surface area contributed by atoms with Crippen LogP contribution < -0.4 is 5.32 Å². The van der Waals surface area contributed by atoms with Crippen molar-refractivity contribution in [1.29, 1.82) is 0 Å². The van der Waals surface area contributed by atoms with Crippen molar-refractivity contribution in [1.82, 2.24) is 9.97 Å². The largest absolute Gasteiger partial charge is 0.477 e. The normalized spacial score (nSPS) is 10.6. The molecule has 0 fully saturated rings. The lowest BCUT2D eigenvalue weighted by atomic mass is 10.2. The highest BCUT2D eigenvalue weighted by Gasteiger charge is 2.18. The molecule has 0 saturated heterocycles. The number of carboxylic acid groups (broad SMARTS) is 1. The summed E-state index contributed by atoms with van der Waals surface area (Å²) >= 11 is 6.82. The Kier molecular flexibility index (Phi) is 3.49. The number of thiophene rings is 1. The van der Waals surface area contributed by atoms with Gasteiger partial charge in [0.2, 0.25) is 0 Å². The summed E-state index contributed by atoms with van der Waals surface area (Å²) in [6.45, 7) is 5.68.